The van der Waals surface area contributed by atoms with Crippen molar-refractivity contribution in [3.8, 4) is 0 Å². The van der Waals surface area contributed by atoms with Gasteiger partial charge >= 0.3 is 0 Å². The molecule has 0 fully saturated rings. The predicted octanol–water partition coefficient (Wildman–Crippen LogP) is 1.46. The second kappa shape index (κ2) is 3.46. The second-order valence-corrected chi connectivity index (χ2v) is 1.34. The number of hydrogen-bond donors (Lipinski definition) is 0. The molecule has 0 unspecified atom stereocenters. The SMILES string of the molecule is CN=NN=C(C)C. The van der Waals surface area contributed by atoms with Gasteiger partial charge in [-0.2, -0.15) is 5.11 Å². The fourth-order valence-corrected chi connectivity index (χ4v) is 0.134. The van der Waals surface area contributed by atoms with E-state index in [1.54, 1.807) is 7.05 Å². The molecule has 0 aromatic heterocycles. The third-order valence-electron chi connectivity index (χ3n) is 0.334. The summed E-state index contributed by atoms with van der Waals surface area (Å²) in [7, 11) is 1.59. The minimum Gasteiger partial charge on any atom is -0.172 e. The third-order valence-corrected chi connectivity index (χ3v) is 0.334. The topological polar surface area (TPSA) is 37.1 Å². The molecule has 0 saturated heterocycles. The molecule has 40 valence electrons. The average molecular weight is 99.1 g/mol. The summed E-state index contributed by atoms with van der Waals surface area (Å²) < 4.78 is 0. The van der Waals surface area contributed by atoms with E-state index in [1.165, 1.54) is 0 Å². The van der Waals surface area contributed by atoms with Gasteiger partial charge in [0.25, 0.3) is 0 Å². The molecule has 0 aliphatic carbocycles. The van der Waals surface area contributed by atoms with Crippen molar-refractivity contribution in [3.63, 3.8) is 0 Å². The molecule has 0 aromatic rings. The van der Waals surface area contributed by atoms with Crippen LogP contribution in [-0.4, -0.2) is 12.8 Å². The highest BCUT2D eigenvalue weighted by molar-refractivity contribution is 5.78. The van der Waals surface area contributed by atoms with Gasteiger partial charge in [0.15, 0.2) is 0 Å². The number of rotatable bonds is 1. The fraction of sp³-hybridized carbons (Fsp3) is 0.750. The first-order chi connectivity index (χ1) is 3.27. The standard InChI is InChI=1S/C4H9N3/c1-4(2)6-7-5-3/h1-3H3. The normalized spacial score (nSPS) is 9.57. The molecular formula is C4H9N3. The summed E-state index contributed by atoms with van der Waals surface area (Å²) in [6.07, 6.45) is 0. The number of hydrogen-bond acceptors (Lipinski definition) is 2. The zero-order valence-corrected chi connectivity index (χ0v) is 4.84. The molecule has 0 spiro atoms. The molecule has 3 nitrogen and oxygen atoms in total. The Hall–Kier alpha value is -0.730. The Morgan fingerprint density at radius 1 is 1.29 bits per heavy atom. The van der Waals surface area contributed by atoms with E-state index < -0.39 is 0 Å². The molecule has 0 aromatic carbocycles. The molecule has 7 heavy (non-hydrogen) atoms. The van der Waals surface area contributed by atoms with Gasteiger partial charge in [0.2, 0.25) is 0 Å². The van der Waals surface area contributed by atoms with Crippen LogP contribution >= 0.6 is 0 Å². The largest absolute Gasteiger partial charge is 0.172 e. The Balaban J connectivity index is 3.46. The van der Waals surface area contributed by atoms with Crippen molar-refractivity contribution in [3.05, 3.63) is 0 Å². The maximum absolute atomic E-state index is 3.62. The van der Waals surface area contributed by atoms with E-state index in [0.717, 1.165) is 5.71 Å². The fourth-order valence-electron chi connectivity index (χ4n) is 0.134. The van der Waals surface area contributed by atoms with E-state index in [0.29, 0.717) is 0 Å². The summed E-state index contributed by atoms with van der Waals surface area (Å²) in [6.45, 7) is 3.74. The van der Waals surface area contributed by atoms with Crippen molar-refractivity contribution in [2.24, 2.45) is 15.4 Å². The summed E-state index contributed by atoms with van der Waals surface area (Å²) in [5.41, 5.74) is 0.922. The third kappa shape index (κ3) is 5.27. The van der Waals surface area contributed by atoms with Crippen LogP contribution in [0.2, 0.25) is 0 Å². The van der Waals surface area contributed by atoms with Gasteiger partial charge in [-0.15, -0.1) is 5.10 Å². The van der Waals surface area contributed by atoms with Crippen LogP contribution in [-0.2, 0) is 0 Å². The van der Waals surface area contributed by atoms with Gasteiger partial charge < -0.3 is 0 Å². The van der Waals surface area contributed by atoms with Crippen LogP contribution in [0.15, 0.2) is 15.4 Å². The summed E-state index contributed by atoms with van der Waals surface area (Å²) in [5.74, 6) is 0. The number of nitrogens with zero attached hydrogens (tertiary/aromatic N) is 3. The lowest BCUT2D eigenvalue weighted by Crippen LogP contribution is -1.74. The minimum absolute atomic E-state index is 0.922. The summed E-state index contributed by atoms with van der Waals surface area (Å²) >= 11 is 0. The molecule has 3 heteroatoms. The molecule has 0 bridgehead atoms. The smallest absolute Gasteiger partial charge is 0.0509 e. The van der Waals surface area contributed by atoms with Crippen molar-refractivity contribution < 1.29 is 0 Å². The monoisotopic (exact) mass is 99.1 g/mol. The van der Waals surface area contributed by atoms with Crippen LogP contribution < -0.4 is 0 Å². The Morgan fingerprint density at radius 2 is 1.86 bits per heavy atom. The highest BCUT2D eigenvalue weighted by atomic mass is 15.4. The van der Waals surface area contributed by atoms with Crippen molar-refractivity contribution in [1.29, 1.82) is 0 Å². The van der Waals surface area contributed by atoms with Crippen molar-refractivity contribution in [2.45, 2.75) is 13.8 Å². The first kappa shape index (κ1) is 6.27. The molecule has 0 rings (SSSR count). The zero-order chi connectivity index (χ0) is 5.70. The van der Waals surface area contributed by atoms with E-state index in [2.05, 4.69) is 15.4 Å². The van der Waals surface area contributed by atoms with Gasteiger partial charge in [-0.05, 0) is 13.8 Å². The van der Waals surface area contributed by atoms with Crippen LogP contribution in [0.5, 0.6) is 0 Å². The lowest BCUT2D eigenvalue weighted by Gasteiger charge is -1.75. The minimum atomic E-state index is 0.922. The van der Waals surface area contributed by atoms with E-state index in [1.807, 2.05) is 13.8 Å². The van der Waals surface area contributed by atoms with Crippen LogP contribution in [0.25, 0.3) is 0 Å². The molecule has 0 aliphatic heterocycles. The molecule has 0 N–H and O–H groups in total. The molecule has 0 radical (unpaired) electrons. The summed E-state index contributed by atoms with van der Waals surface area (Å²) in [4.78, 5) is 0. The Labute approximate surface area is 43.1 Å². The van der Waals surface area contributed by atoms with Gasteiger partial charge in [-0.1, -0.05) is 5.22 Å². The van der Waals surface area contributed by atoms with Gasteiger partial charge in [0.05, 0.1) is 7.05 Å². The maximum atomic E-state index is 3.62. The van der Waals surface area contributed by atoms with Crippen molar-refractivity contribution >= 4 is 5.71 Å². The van der Waals surface area contributed by atoms with E-state index in [9.17, 15) is 0 Å². The molecular weight excluding hydrogens is 90.1 g/mol. The average Bonchev–Trinajstić information content (AvgIpc) is 1.61. The predicted molar refractivity (Wildman–Crippen MR) is 29.6 cm³/mol. The van der Waals surface area contributed by atoms with Crippen LogP contribution in [0.3, 0.4) is 0 Å². The van der Waals surface area contributed by atoms with Gasteiger partial charge in [-0.25, -0.2) is 0 Å². The first-order valence-corrected chi connectivity index (χ1v) is 2.07. The second-order valence-electron chi connectivity index (χ2n) is 1.34. The maximum Gasteiger partial charge on any atom is 0.0509 e. The first-order valence-electron chi connectivity index (χ1n) is 2.07. The summed E-state index contributed by atoms with van der Waals surface area (Å²) in [5, 5.41) is 10.4. The molecule has 0 atom stereocenters. The van der Waals surface area contributed by atoms with Gasteiger partial charge in [0, 0.05) is 5.71 Å². The summed E-state index contributed by atoms with van der Waals surface area (Å²) in [6, 6.07) is 0. The van der Waals surface area contributed by atoms with Gasteiger partial charge in [-0.3, -0.25) is 0 Å². The highest BCUT2D eigenvalue weighted by Crippen LogP contribution is 1.75. The Morgan fingerprint density at radius 3 is 2.00 bits per heavy atom. The Bertz CT molecular complexity index is 89.1. The van der Waals surface area contributed by atoms with Crippen LogP contribution in [0, 0.1) is 0 Å². The van der Waals surface area contributed by atoms with Crippen LogP contribution in [0.4, 0.5) is 0 Å². The van der Waals surface area contributed by atoms with Gasteiger partial charge in [0.1, 0.15) is 0 Å². The zero-order valence-electron chi connectivity index (χ0n) is 4.84. The van der Waals surface area contributed by atoms with Crippen molar-refractivity contribution in [1.82, 2.24) is 0 Å². The quantitative estimate of drug-likeness (QED) is 0.271. The van der Waals surface area contributed by atoms with E-state index in [4.69, 9.17) is 0 Å². The lowest BCUT2D eigenvalue weighted by molar-refractivity contribution is 1.02. The molecule has 0 heterocycles. The molecule has 0 aliphatic rings. The van der Waals surface area contributed by atoms with Crippen molar-refractivity contribution in [2.75, 3.05) is 7.05 Å². The highest BCUT2D eigenvalue weighted by Gasteiger charge is 1.68. The molecule has 0 amide bonds. The Kier molecular flexibility index (Phi) is 3.10. The van der Waals surface area contributed by atoms with E-state index >= 15 is 0 Å². The lowest BCUT2D eigenvalue weighted by atomic mass is 10.5. The molecule has 0 saturated carbocycles. The van der Waals surface area contributed by atoms with Crippen LogP contribution in [0.1, 0.15) is 13.8 Å². The van der Waals surface area contributed by atoms with E-state index in [-0.39, 0.29) is 0 Å².